The molecule has 0 bridgehead atoms. The van der Waals surface area contributed by atoms with Crippen LogP contribution in [-0.2, 0) is 4.74 Å². The highest BCUT2D eigenvalue weighted by Crippen LogP contribution is 2.34. The molecule has 25 heavy (non-hydrogen) atoms. The Balaban J connectivity index is 2.52. The smallest absolute Gasteiger partial charge is 0.165 e. The number of rotatable bonds is 7. The van der Waals surface area contributed by atoms with Crippen molar-refractivity contribution in [2.75, 3.05) is 6.61 Å². The lowest BCUT2D eigenvalue weighted by molar-refractivity contribution is -0.229. The fourth-order valence-electron chi connectivity index (χ4n) is 2.49. The summed E-state index contributed by atoms with van der Waals surface area (Å²) in [5, 5.41) is 20.5. The molecule has 9 heteroatoms. The van der Waals surface area contributed by atoms with Crippen LogP contribution in [-0.4, -0.2) is 42.0 Å². The van der Waals surface area contributed by atoms with Gasteiger partial charge in [-0.05, 0) is 33.1 Å². The van der Waals surface area contributed by atoms with Crippen molar-refractivity contribution in [1.82, 2.24) is 14.5 Å². The van der Waals surface area contributed by atoms with Crippen molar-refractivity contribution in [1.29, 1.82) is 0 Å². The highest BCUT2D eigenvalue weighted by atomic mass is 79.9. The number of aliphatic hydroxyl groups excluding tert-OH is 1. The Hall–Kier alpha value is -0.440. The Bertz CT molecular complexity index is 746. The van der Waals surface area contributed by atoms with E-state index in [4.69, 9.17) is 27.9 Å². The van der Waals surface area contributed by atoms with Gasteiger partial charge in [-0.2, -0.15) is 0 Å². The van der Waals surface area contributed by atoms with Gasteiger partial charge in [0.15, 0.2) is 11.4 Å². The lowest BCUT2D eigenvalue weighted by Crippen LogP contribution is -2.31. The third kappa shape index (κ3) is 4.84. The second-order valence-corrected chi connectivity index (χ2v) is 8.72. The molecule has 2 heterocycles. The Morgan fingerprint density at radius 3 is 2.56 bits per heavy atom. The lowest BCUT2D eigenvalue weighted by Gasteiger charge is -2.30. The van der Waals surface area contributed by atoms with E-state index in [0.717, 1.165) is 0 Å². The van der Waals surface area contributed by atoms with Crippen molar-refractivity contribution in [3.05, 3.63) is 22.1 Å². The summed E-state index contributed by atoms with van der Waals surface area (Å²) in [7, 11) is 0. The molecule has 0 saturated heterocycles. The maximum atomic E-state index is 10.1. The van der Waals surface area contributed by atoms with Crippen LogP contribution < -0.4 is 0 Å². The van der Waals surface area contributed by atoms with Gasteiger partial charge in [0, 0.05) is 17.0 Å². The maximum absolute atomic E-state index is 10.1. The molecule has 0 radical (unpaired) electrons. The van der Waals surface area contributed by atoms with E-state index in [1.165, 1.54) is 0 Å². The lowest BCUT2D eigenvalue weighted by atomic mass is 10.0. The van der Waals surface area contributed by atoms with Gasteiger partial charge in [-0.1, -0.05) is 46.1 Å². The summed E-state index contributed by atoms with van der Waals surface area (Å²) < 4.78 is 7.49. The molecule has 140 valence electrons. The Labute approximate surface area is 165 Å². The molecule has 1 unspecified atom stereocenters. The van der Waals surface area contributed by atoms with E-state index in [9.17, 15) is 10.2 Å². The first-order valence-corrected chi connectivity index (χ1v) is 9.55. The van der Waals surface area contributed by atoms with Gasteiger partial charge in [-0.25, -0.2) is 9.97 Å². The highest BCUT2D eigenvalue weighted by molar-refractivity contribution is 9.09. The molecule has 2 rings (SSSR count). The first-order chi connectivity index (χ1) is 11.5. The molecule has 3 atom stereocenters. The normalized spacial score (nSPS) is 16.2. The molecular weight excluding hydrogens is 433 g/mol. The zero-order valence-corrected chi connectivity index (χ0v) is 17.6. The summed E-state index contributed by atoms with van der Waals surface area (Å²) in [6.45, 7) is 6.78. The van der Waals surface area contributed by atoms with Gasteiger partial charge < -0.3 is 14.9 Å². The molecule has 0 saturated carbocycles. The van der Waals surface area contributed by atoms with Crippen LogP contribution in [0, 0.1) is 12.8 Å². The van der Waals surface area contributed by atoms with Crippen molar-refractivity contribution in [2.24, 2.45) is 5.92 Å². The van der Waals surface area contributed by atoms with Crippen molar-refractivity contribution >= 4 is 50.3 Å². The van der Waals surface area contributed by atoms with Crippen LogP contribution in [0.15, 0.2) is 6.33 Å². The van der Waals surface area contributed by atoms with Crippen LogP contribution in [0.2, 0.25) is 10.2 Å². The van der Waals surface area contributed by atoms with E-state index in [2.05, 4.69) is 25.9 Å². The first kappa shape index (κ1) is 20.9. The molecule has 2 aromatic heterocycles. The molecule has 0 aliphatic heterocycles. The van der Waals surface area contributed by atoms with Crippen LogP contribution in [0.25, 0.3) is 11.2 Å². The summed E-state index contributed by atoms with van der Waals surface area (Å²) in [5.74, 6) is -1.48. The Kier molecular flexibility index (Phi) is 6.73. The predicted octanol–water partition coefficient (Wildman–Crippen LogP) is 4.07. The summed E-state index contributed by atoms with van der Waals surface area (Å²) in [5.41, 5.74) is 1.64. The zero-order valence-electron chi connectivity index (χ0n) is 14.5. The third-order valence-corrected chi connectivity index (χ3v) is 5.52. The topological polar surface area (TPSA) is 80.4 Å². The van der Waals surface area contributed by atoms with E-state index in [1.54, 1.807) is 31.7 Å². The average molecular weight is 455 g/mol. The third-order valence-electron chi connectivity index (χ3n) is 3.94. The van der Waals surface area contributed by atoms with E-state index in [1.807, 2.05) is 6.92 Å². The van der Waals surface area contributed by atoms with Crippen LogP contribution in [0.3, 0.4) is 0 Å². The number of hydrogen-bond acceptors (Lipinski definition) is 5. The molecule has 6 nitrogen and oxygen atoms in total. The number of halogens is 3. The van der Waals surface area contributed by atoms with Gasteiger partial charge in [0.05, 0.1) is 11.3 Å². The van der Waals surface area contributed by atoms with E-state index in [-0.39, 0.29) is 22.5 Å². The van der Waals surface area contributed by atoms with Gasteiger partial charge >= 0.3 is 0 Å². The summed E-state index contributed by atoms with van der Waals surface area (Å²) in [4.78, 5) is 8.75. The minimum absolute atomic E-state index is 0.0290. The molecule has 0 fully saturated rings. The van der Waals surface area contributed by atoms with Gasteiger partial charge in [-0.3, -0.25) is 4.57 Å². The number of fused-ring (bicyclic) bond motifs is 1. The van der Waals surface area contributed by atoms with Crippen molar-refractivity contribution < 1.29 is 14.9 Å². The van der Waals surface area contributed by atoms with Crippen LogP contribution in [0.1, 0.15) is 39.0 Å². The minimum atomic E-state index is -1.38. The number of aromatic nitrogens is 3. The van der Waals surface area contributed by atoms with E-state index >= 15 is 0 Å². The quantitative estimate of drug-likeness (QED) is 0.374. The zero-order chi connectivity index (χ0) is 18.9. The highest BCUT2D eigenvalue weighted by Gasteiger charge is 2.29. The summed E-state index contributed by atoms with van der Waals surface area (Å²) >= 11 is 16.0. The average Bonchev–Trinajstić information content (AvgIpc) is 2.91. The first-order valence-electron chi connectivity index (χ1n) is 7.88. The molecule has 0 aliphatic carbocycles. The van der Waals surface area contributed by atoms with E-state index in [0.29, 0.717) is 28.2 Å². The van der Waals surface area contributed by atoms with Gasteiger partial charge in [0.25, 0.3) is 0 Å². The molecule has 0 spiro atoms. The molecule has 2 aromatic rings. The largest absolute Gasteiger partial charge is 0.396 e. The fraction of sp³-hybridized carbons (Fsp3) is 0.625. The molecule has 0 amide bonds. The predicted molar refractivity (Wildman–Crippen MR) is 102 cm³/mol. The maximum Gasteiger partial charge on any atom is 0.165 e. The van der Waals surface area contributed by atoms with Crippen LogP contribution in [0.5, 0.6) is 0 Å². The number of hydrogen-bond donors (Lipinski definition) is 2. The number of pyridine rings is 1. The van der Waals surface area contributed by atoms with Crippen LogP contribution >= 0.6 is 39.1 Å². The number of aliphatic hydroxyl groups is 2. The number of ether oxygens (including phenoxy) is 1. The second kappa shape index (κ2) is 8.06. The monoisotopic (exact) mass is 453 g/mol. The number of imidazole rings is 1. The van der Waals surface area contributed by atoms with Gasteiger partial charge in [0.1, 0.15) is 16.9 Å². The van der Waals surface area contributed by atoms with E-state index < -0.39 is 12.0 Å². The Morgan fingerprint density at radius 2 is 2.04 bits per heavy atom. The number of nitrogens with zero attached hydrogens (tertiary/aromatic N) is 3. The molecule has 0 aromatic carbocycles. The van der Waals surface area contributed by atoms with Gasteiger partial charge in [0.2, 0.25) is 0 Å². The Morgan fingerprint density at radius 1 is 1.40 bits per heavy atom. The second-order valence-electron chi connectivity index (χ2n) is 6.54. The molecule has 2 N–H and O–H groups in total. The summed E-state index contributed by atoms with van der Waals surface area (Å²) in [6.07, 6.45) is 1.39. The van der Waals surface area contributed by atoms with Crippen molar-refractivity contribution in [3.8, 4) is 0 Å². The van der Waals surface area contributed by atoms with Gasteiger partial charge in [-0.15, -0.1) is 0 Å². The van der Waals surface area contributed by atoms with Crippen LogP contribution in [0.4, 0.5) is 0 Å². The van der Waals surface area contributed by atoms with Crippen molar-refractivity contribution in [2.45, 2.75) is 51.0 Å². The molecule has 0 aliphatic rings. The minimum Gasteiger partial charge on any atom is -0.396 e. The SMILES string of the molecule is Cc1c(Cl)nc2c(ncn2[C@@H](CC(CO)[C@@H](C)Br)OC(C)(C)O)c1Cl. The summed E-state index contributed by atoms with van der Waals surface area (Å²) in [6, 6.07) is 0. The van der Waals surface area contributed by atoms with Crippen molar-refractivity contribution in [3.63, 3.8) is 0 Å². The molecular formula is C16H22BrCl2N3O3. The fourth-order valence-corrected chi connectivity index (χ4v) is 3.32. The standard InChI is InChI=1S/C16H22BrCl2N3O3/c1-8-12(18)13-15(21-14(8)19)22(7-20-13)11(25-16(3,4)24)5-10(6-23)9(2)17/h7,9-11,23-24H,5-6H2,1-4H3/t9-,10?,11-/m1/s1. The number of alkyl halides is 1.